The molecule has 2 aromatic rings. The summed E-state index contributed by atoms with van der Waals surface area (Å²) in [6.45, 7) is -0.325. The number of cyclic esters (lactones) is 1. The van der Waals surface area contributed by atoms with Crippen LogP contribution < -0.4 is 14.2 Å². The summed E-state index contributed by atoms with van der Waals surface area (Å²) in [7, 11) is 4.24. The third kappa shape index (κ3) is 4.72. The van der Waals surface area contributed by atoms with Gasteiger partial charge in [0.2, 0.25) is 5.90 Å². The summed E-state index contributed by atoms with van der Waals surface area (Å²) in [6.07, 6.45) is 1.51. The van der Waals surface area contributed by atoms with E-state index in [2.05, 4.69) is 9.73 Å². The number of carbonyl (C=O) groups is 2. The summed E-state index contributed by atoms with van der Waals surface area (Å²) in [5, 5.41) is 0.191. The summed E-state index contributed by atoms with van der Waals surface area (Å²) in [5.74, 6) is 0.170. The SMILES string of the molecule is COC(=O)COc1c(Cl)cc(C=C2N=C(c3ccc(OC)cc3)OC2=O)cc1OC. The summed E-state index contributed by atoms with van der Waals surface area (Å²) in [6, 6.07) is 10.1. The van der Waals surface area contributed by atoms with Gasteiger partial charge in [-0.15, -0.1) is 0 Å². The predicted octanol–water partition coefficient (Wildman–Crippen LogP) is 3.25. The van der Waals surface area contributed by atoms with E-state index in [0.717, 1.165) is 0 Å². The van der Waals surface area contributed by atoms with Crippen molar-refractivity contribution in [1.29, 1.82) is 0 Å². The number of rotatable bonds is 7. The molecule has 0 aliphatic carbocycles. The van der Waals surface area contributed by atoms with Gasteiger partial charge in [-0.3, -0.25) is 0 Å². The Morgan fingerprint density at radius 2 is 1.87 bits per heavy atom. The Hall–Kier alpha value is -3.52. The van der Waals surface area contributed by atoms with Crippen LogP contribution in [0.5, 0.6) is 17.2 Å². The highest BCUT2D eigenvalue weighted by atomic mass is 35.5. The van der Waals surface area contributed by atoms with Crippen molar-refractivity contribution in [3.8, 4) is 17.2 Å². The number of esters is 2. The molecular weight excluding hydrogens is 414 g/mol. The standard InChI is InChI=1S/C21H18ClNO7/c1-26-14-6-4-13(5-7-14)20-23-16(21(25)30-20)9-12-8-15(22)19(17(10-12)27-2)29-11-18(24)28-3/h4-10H,11H2,1-3H3. The Labute approximate surface area is 177 Å². The minimum atomic E-state index is -0.595. The third-order valence-corrected chi connectivity index (χ3v) is 4.36. The second-order valence-corrected chi connectivity index (χ2v) is 6.37. The van der Waals surface area contributed by atoms with Crippen LogP contribution in [0.3, 0.4) is 0 Å². The number of methoxy groups -OCH3 is 3. The summed E-state index contributed by atoms with van der Waals surface area (Å²) < 4.78 is 25.6. The normalized spacial score (nSPS) is 14.2. The average molecular weight is 432 g/mol. The smallest absolute Gasteiger partial charge is 0.363 e. The zero-order valence-corrected chi connectivity index (χ0v) is 17.2. The first-order chi connectivity index (χ1) is 14.4. The van der Waals surface area contributed by atoms with Gasteiger partial charge in [0.1, 0.15) is 5.75 Å². The van der Waals surface area contributed by atoms with E-state index >= 15 is 0 Å². The molecule has 0 spiro atoms. The van der Waals surface area contributed by atoms with E-state index in [1.807, 2.05) is 0 Å². The van der Waals surface area contributed by atoms with Crippen molar-refractivity contribution in [2.24, 2.45) is 4.99 Å². The molecule has 9 heteroatoms. The summed E-state index contributed by atoms with van der Waals surface area (Å²) in [5.41, 5.74) is 1.27. The van der Waals surface area contributed by atoms with Crippen LogP contribution in [0.25, 0.3) is 6.08 Å². The summed E-state index contributed by atoms with van der Waals surface area (Å²) in [4.78, 5) is 27.8. The number of ether oxygens (including phenoxy) is 5. The first-order valence-corrected chi connectivity index (χ1v) is 9.07. The van der Waals surface area contributed by atoms with Crippen molar-refractivity contribution in [3.63, 3.8) is 0 Å². The fourth-order valence-corrected chi connectivity index (χ4v) is 2.85. The third-order valence-electron chi connectivity index (χ3n) is 4.07. The molecule has 0 atom stereocenters. The Morgan fingerprint density at radius 3 is 2.50 bits per heavy atom. The molecule has 0 fully saturated rings. The van der Waals surface area contributed by atoms with Gasteiger partial charge in [-0.1, -0.05) is 11.6 Å². The van der Waals surface area contributed by atoms with E-state index in [9.17, 15) is 9.59 Å². The van der Waals surface area contributed by atoms with E-state index in [0.29, 0.717) is 16.9 Å². The van der Waals surface area contributed by atoms with Gasteiger partial charge in [-0.05, 0) is 48.0 Å². The molecule has 1 aliphatic heterocycles. The van der Waals surface area contributed by atoms with Crippen LogP contribution in [-0.2, 0) is 19.1 Å². The van der Waals surface area contributed by atoms with Crippen LogP contribution >= 0.6 is 11.6 Å². The Kier molecular flexibility index (Phi) is 6.58. The number of nitrogens with zero attached hydrogens (tertiary/aromatic N) is 1. The second-order valence-electron chi connectivity index (χ2n) is 5.96. The summed E-state index contributed by atoms with van der Waals surface area (Å²) >= 11 is 6.26. The van der Waals surface area contributed by atoms with Crippen LogP contribution in [0.15, 0.2) is 47.1 Å². The van der Waals surface area contributed by atoms with Crippen LogP contribution in [0.2, 0.25) is 5.02 Å². The largest absolute Gasteiger partial charge is 0.497 e. The van der Waals surface area contributed by atoms with Crippen LogP contribution in [0.4, 0.5) is 0 Å². The highest BCUT2D eigenvalue weighted by Gasteiger charge is 2.24. The maximum absolute atomic E-state index is 12.2. The molecule has 0 unspecified atom stereocenters. The van der Waals surface area contributed by atoms with Crippen LogP contribution in [-0.4, -0.2) is 45.8 Å². The van der Waals surface area contributed by atoms with Crippen molar-refractivity contribution < 1.29 is 33.3 Å². The number of aliphatic imine (C=N–C) groups is 1. The lowest BCUT2D eigenvalue weighted by molar-refractivity contribution is -0.143. The predicted molar refractivity (Wildman–Crippen MR) is 109 cm³/mol. The number of hydrogen-bond donors (Lipinski definition) is 0. The topological polar surface area (TPSA) is 92.7 Å². The lowest BCUT2D eigenvalue weighted by Crippen LogP contribution is -2.13. The van der Waals surface area contributed by atoms with Crippen molar-refractivity contribution in [1.82, 2.24) is 0 Å². The average Bonchev–Trinajstić information content (AvgIpc) is 3.12. The van der Waals surface area contributed by atoms with Gasteiger partial charge < -0.3 is 23.7 Å². The highest BCUT2D eigenvalue weighted by molar-refractivity contribution is 6.32. The molecule has 0 saturated heterocycles. The fraction of sp³-hybridized carbons (Fsp3) is 0.190. The molecule has 30 heavy (non-hydrogen) atoms. The molecule has 0 saturated carbocycles. The van der Waals surface area contributed by atoms with Crippen molar-refractivity contribution in [3.05, 3.63) is 58.2 Å². The van der Waals surface area contributed by atoms with Crippen LogP contribution in [0, 0.1) is 0 Å². The van der Waals surface area contributed by atoms with Crippen molar-refractivity contribution in [2.75, 3.05) is 27.9 Å². The lowest BCUT2D eigenvalue weighted by atomic mass is 10.1. The molecule has 8 nitrogen and oxygen atoms in total. The quantitative estimate of drug-likeness (QED) is 0.490. The van der Waals surface area contributed by atoms with E-state index in [-0.39, 0.29) is 34.7 Å². The minimum absolute atomic E-state index is 0.0992. The number of halogens is 1. The highest BCUT2D eigenvalue weighted by Crippen LogP contribution is 2.37. The monoisotopic (exact) mass is 431 g/mol. The Morgan fingerprint density at radius 1 is 1.13 bits per heavy atom. The number of hydrogen-bond acceptors (Lipinski definition) is 8. The van der Waals surface area contributed by atoms with E-state index in [1.54, 1.807) is 43.5 Å². The zero-order chi connectivity index (χ0) is 21.7. The molecule has 0 N–H and O–H groups in total. The molecular formula is C21H18ClNO7. The number of benzene rings is 2. The van der Waals surface area contributed by atoms with Crippen LogP contribution in [0.1, 0.15) is 11.1 Å². The maximum Gasteiger partial charge on any atom is 0.363 e. The van der Waals surface area contributed by atoms with E-state index < -0.39 is 11.9 Å². The molecule has 3 rings (SSSR count). The van der Waals surface area contributed by atoms with Crippen molar-refractivity contribution in [2.45, 2.75) is 0 Å². The second kappa shape index (κ2) is 9.32. The fourth-order valence-electron chi connectivity index (χ4n) is 2.58. The van der Waals surface area contributed by atoms with Gasteiger partial charge in [-0.25, -0.2) is 14.6 Å². The molecule has 0 aromatic heterocycles. The minimum Gasteiger partial charge on any atom is -0.497 e. The van der Waals surface area contributed by atoms with Gasteiger partial charge in [0, 0.05) is 5.56 Å². The van der Waals surface area contributed by atoms with E-state index in [1.165, 1.54) is 20.3 Å². The van der Waals surface area contributed by atoms with E-state index in [4.69, 9.17) is 30.5 Å². The molecule has 1 heterocycles. The zero-order valence-electron chi connectivity index (χ0n) is 16.4. The van der Waals surface area contributed by atoms with Crippen molar-refractivity contribution >= 4 is 35.5 Å². The first-order valence-electron chi connectivity index (χ1n) is 8.69. The molecule has 156 valence electrons. The van der Waals surface area contributed by atoms with Gasteiger partial charge in [0.25, 0.3) is 0 Å². The lowest BCUT2D eigenvalue weighted by Gasteiger charge is -2.12. The molecule has 0 bridgehead atoms. The Balaban J connectivity index is 1.87. The van der Waals surface area contributed by atoms with Gasteiger partial charge in [0.05, 0.1) is 26.4 Å². The van der Waals surface area contributed by atoms with Gasteiger partial charge in [-0.2, -0.15) is 0 Å². The Bertz CT molecular complexity index is 1030. The first kappa shape index (κ1) is 21.2. The molecule has 1 aliphatic rings. The molecule has 2 aromatic carbocycles. The number of carbonyl (C=O) groups excluding carboxylic acids is 2. The molecule has 0 radical (unpaired) electrons. The molecule has 0 amide bonds. The van der Waals surface area contributed by atoms with Gasteiger partial charge >= 0.3 is 11.9 Å². The maximum atomic E-state index is 12.2. The van der Waals surface area contributed by atoms with Gasteiger partial charge in [0.15, 0.2) is 23.8 Å².